The lowest BCUT2D eigenvalue weighted by atomic mass is 9.55. The molecule has 1 saturated carbocycles. The molecule has 2 spiro atoms. The van der Waals surface area contributed by atoms with Crippen molar-refractivity contribution < 1.29 is 9.59 Å². The number of allylic oxidation sites excluding steroid dienone is 1. The summed E-state index contributed by atoms with van der Waals surface area (Å²) in [5.74, 6) is -0.0454. The molecule has 0 bridgehead atoms. The molecule has 192 valence electrons. The van der Waals surface area contributed by atoms with E-state index in [-0.39, 0.29) is 23.7 Å². The molecule has 3 fully saturated rings. The first-order chi connectivity index (χ1) is 18.5. The Labute approximate surface area is 239 Å². The molecule has 4 nitrogen and oxygen atoms in total. The maximum Gasteiger partial charge on any atom is 0.250 e. The molecule has 4 aliphatic rings. The zero-order chi connectivity index (χ0) is 26.1. The number of fused-ring (bicyclic) bond motifs is 5. The summed E-state index contributed by atoms with van der Waals surface area (Å²) in [6, 6.07) is 24.6. The van der Waals surface area contributed by atoms with Gasteiger partial charge in [0.05, 0.1) is 5.41 Å². The lowest BCUT2D eigenvalue weighted by molar-refractivity contribution is -0.129. The van der Waals surface area contributed by atoms with Crippen molar-refractivity contribution in [3.63, 3.8) is 0 Å². The van der Waals surface area contributed by atoms with Crippen molar-refractivity contribution in [3.8, 4) is 0 Å². The van der Waals surface area contributed by atoms with E-state index in [1.165, 1.54) is 0 Å². The molecule has 3 aliphatic heterocycles. The second kappa shape index (κ2) is 9.00. The average molecular weight is 632 g/mol. The number of rotatable bonds is 2. The number of para-hydroxylation sites is 1. The number of nitrogens with one attached hydrogen (secondary N) is 1. The number of nitrogens with zero attached hydrogens (tertiary/aromatic N) is 1. The third-order valence-corrected chi connectivity index (χ3v) is 10.4. The van der Waals surface area contributed by atoms with Gasteiger partial charge in [0.15, 0.2) is 5.78 Å². The molecule has 3 heterocycles. The standard InChI is InChI=1S/C32H28Br2N2O2/c33-23-13-9-20(10-14-23)19-22-5-3-17-31(29(22)37)27-8-4-18-36(27)32(28(31)21-11-15-24(34)16-12-21)25-6-1-2-7-26(25)35-30(32)38/h1-2,6-7,9-16,19,27-28H,3-5,8,17-18H2,(H,35,38)/b22-19+/t27-,28-,31?,32+/m0/s1. The van der Waals surface area contributed by atoms with Crippen molar-refractivity contribution in [3.05, 3.63) is 104 Å². The summed E-state index contributed by atoms with van der Waals surface area (Å²) < 4.78 is 2.01. The molecule has 3 aromatic carbocycles. The molecular formula is C32H28Br2N2O2. The number of hydrogen-bond acceptors (Lipinski definition) is 3. The second-order valence-electron chi connectivity index (χ2n) is 11.0. The van der Waals surface area contributed by atoms with Crippen molar-refractivity contribution in [1.29, 1.82) is 0 Å². The van der Waals surface area contributed by atoms with Gasteiger partial charge in [0.25, 0.3) is 0 Å². The summed E-state index contributed by atoms with van der Waals surface area (Å²) in [5.41, 5.74) is 3.30. The van der Waals surface area contributed by atoms with E-state index in [9.17, 15) is 9.59 Å². The lowest BCUT2D eigenvalue weighted by Gasteiger charge is -2.44. The molecule has 2 saturated heterocycles. The van der Waals surface area contributed by atoms with E-state index in [0.717, 1.165) is 75.5 Å². The van der Waals surface area contributed by atoms with Crippen molar-refractivity contribution in [1.82, 2.24) is 4.90 Å². The molecular weight excluding hydrogens is 604 g/mol. The fraction of sp³-hybridized carbons (Fsp3) is 0.312. The van der Waals surface area contributed by atoms with Gasteiger partial charge in [0, 0.05) is 32.2 Å². The maximum absolute atomic E-state index is 14.9. The van der Waals surface area contributed by atoms with Crippen molar-refractivity contribution in [2.24, 2.45) is 5.41 Å². The van der Waals surface area contributed by atoms with E-state index >= 15 is 0 Å². The number of ketones is 1. The summed E-state index contributed by atoms with van der Waals surface area (Å²) in [6.07, 6.45) is 6.51. The number of anilines is 1. The SMILES string of the molecule is O=C1/C(=C/c2ccc(Br)cc2)CCCC12[C@@H]1CCCN1[C@@]1(C(=O)Nc3ccccc31)[C@H]2c1ccc(Br)cc1. The van der Waals surface area contributed by atoms with Gasteiger partial charge in [-0.25, -0.2) is 0 Å². The van der Waals surface area contributed by atoms with Crippen molar-refractivity contribution >= 4 is 55.3 Å². The van der Waals surface area contributed by atoms with Gasteiger partial charge in [0.2, 0.25) is 5.91 Å². The van der Waals surface area contributed by atoms with Gasteiger partial charge in [-0.3, -0.25) is 14.5 Å². The minimum Gasteiger partial charge on any atom is -0.324 e. The Morgan fingerprint density at radius 3 is 2.37 bits per heavy atom. The zero-order valence-electron chi connectivity index (χ0n) is 20.9. The van der Waals surface area contributed by atoms with Crippen LogP contribution >= 0.6 is 31.9 Å². The van der Waals surface area contributed by atoms with Crippen LogP contribution < -0.4 is 5.32 Å². The van der Waals surface area contributed by atoms with E-state index in [0.29, 0.717) is 0 Å². The Kier molecular flexibility index (Phi) is 5.80. The second-order valence-corrected chi connectivity index (χ2v) is 12.9. The smallest absolute Gasteiger partial charge is 0.250 e. The first-order valence-corrected chi connectivity index (χ1v) is 15.0. The van der Waals surface area contributed by atoms with Gasteiger partial charge >= 0.3 is 0 Å². The highest BCUT2D eigenvalue weighted by molar-refractivity contribution is 9.10. The topological polar surface area (TPSA) is 49.4 Å². The van der Waals surface area contributed by atoms with Crippen molar-refractivity contribution in [2.75, 3.05) is 11.9 Å². The number of amides is 1. The van der Waals surface area contributed by atoms with Crippen LogP contribution in [0.1, 0.15) is 54.7 Å². The Morgan fingerprint density at radius 2 is 1.61 bits per heavy atom. The summed E-state index contributed by atoms with van der Waals surface area (Å²) in [7, 11) is 0. The number of benzene rings is 3. The minimum absolute atomic E-state index is 0.00667. The van der Waals surface area contributed by atoms with Gasteiger partial charge < -0.3 is 5.32 Å². The largest absolute Gasteiger partial charge is 0.324 e. The van der Waals surface area contributed by atoms with Crippen LogP contribution in [0.2, 0.25) is 0 Å². The van der Waals surface area contributed by atoms with Crippen LogP contribution in [0, 0.1) is 5.41 Å². The highest BCUT2D eigenvalue weighted by Gasteiger charge is 2.75. The molecule has 1 N–H and O–H groups in total. The minimum atomic E-state index is -0.901. The van der Waals surface area contributed by atoms with Crippen LogP contribution in [-0.4, -0.2) is 29.2 Å². The summed E-state index contributed by atoms with van der Waals surface area (Å²) >= 11 is 7.12. The lowest BCUT2D eigenvalue weighted by Crippen LogP contribution is -2.50. The number of Topliss-reactive ketones (excluding diaryl/α,β-unsaturated/α-hetero) is 1. The molecule has 6 heteroatoms. The summed E-state index contributed by atoms with van der Waals surface area (Å²) in [4.78, 5) is 31.6. The molecule has 38 heavy (non-hydrogen) atoms. The van der Waals surface area contributed by atoms with Crippen LogP contribution in [0.5, 0.6) is 0 Å². The predicted molar refractivity (Wildman–Crippen MR) is 157 cm³/mol. The quantitative estimate of drug-likeness (QED) is 0.299. The number of carbonyl (C=O) groups excluding carboxylic acids is 2. The molecule has 7 rings (SSSR count). The van der Waals surface area contributed by atoms with Gasteiger partial charge in [-0.1, -0.05) is 74.3 Å². The number of hydrogen-bond donors (Lipinski definition) is 1. The van der Waals surface area contributed by atoms with E-state index in [4.69, 9.17) is 0 Å². The number of halogens is 2. The van der Waals surface area contributed by atoms with Gasteiger partial charge in [-0.2, -0.15) is 0 Å². The van der Waals surface area contributed by atoms with Crippen LogP contribution in [0.25, 0.3) is 6.08 Å². The van der Waals surface area contributed by atoms with Crippen LogP contribution in [0.4, 0.5) is 5.69 Å². The fourth-order valence-electron chi connectivity index (χ4n) is 8.07. The van der Waals surface area contributed by atoms with E-state index in [1.54, 1.807) is 0 Å². The highest BCUT2D eigenvalue weighted by atomic mass is 79.9. The molecule has 1 unspecified atom stereocenters. The van der Waals surface area contributed by atoms with E-state index < -0.39 is 11.0 Å². The van der Waals surface area contributed by atoms with E-state index in [2.05, 4.69) is 78.5 Å². The van der Waals surface area contributed by atoms with E-state index in [1.807, 2.05) is 42.5 Å². The first kappa shape index (κ1) is 24.5. The Bertz CT molecular complexity index is 1480. The molecule has 0 aromatic heterocycles. The Balaban J connectivity index is 1.47. The summed E-state index contributed by atoms with van der Waals surface area (Å²) in [5, 5.41) is 3.23. The molecule has 1 amide bonds. The molecule has 0 radical (unpaired) electrons. The third-order valence-electron chi connectivity index (χ3n) is 9.33. The fourth-order valence-corrected chi connectivity index (χ4v) is 8.60. The maximum atomic E-state index is 14.9. The van der Waals surface area contributed by atoms with Crippen LogP contribution in [0.3, 0.4) is 0 Å². The predicted octanol–water partition coefficient (Wildman–Crippen LogP) is 7.44. The van der Waals surface area contributed by atoms with Gasteiger partial charge in [-0.15, -0.1) is 0 Å². The molecule has 1 aliphatic carbocycles. The number of carbonyl (C=O) groups is 2. The molecule has 3 aromatic rings. The highest BCUT2D eigenvalue weighted by Crippen LogP contribution is 2.69. The average Bonchev–Trinajstić information content (AvgIpc) is 3.58. The van der Waals surface area contributed by atoms with Crippen LogP contribution in [0.15, 0.2) is 87.3 Å². The normalized spacial score (nSPS) is 31.3. The summed E-state index contributed by atoms with van der Waals surface area (Å²) in [6.45, 7) is 0.820. The zero-order valence-corrected chi connectivity index (χ0v) is 24.1. The van der Waals surface area contributed by atoms with Crippen molar-refractivity contribution in [2.45, 2.75) is 49.6 Å². The molecule has 4 atom stereocenters. The Morgan fingerprint density at radius 1 is 0.895 bits per heavy atom. The first-order valence-electron chi connectivity index (χ1n) is 13.4. The third kappa shape index (κ3) is 3.29. The van der Waals surface area contributed by atoms with Gasteiger partial charge in [-0.05, 0) is 91.8 Å². The Hall–Kier alpha value is -2.54. The van der Waals surface area contributed by atoms with Gasteiger partial charge in [0.1, 0.15) is 5.54 Å². The van der Waals surface area contributed by atoms with Crippen LogP contribution in [-0.2, 0) is 15.1 Å². The monoisotopic (exact) mass is 630 g/mol.